The molecule has 0 unspecified atom stereocenters. The smallest absolute Gasteiger partial charge is 0.372 e. The van der Waals surface area contributed by atoms with Crippen molar-refractivity contribution in [2.45, 2.75) is 32.0 Å². The van der Waals surface area contributed by atoms with Crippen molar-refractivity contribution in [1.29, 1.82) is 0 Å². The Labute approximate surface area is 246 Å². The molecular formula is C33H29F3N4O3. The van der Waals surface area contributed by atoms with Crippen LogP contribution in [0.15, 0.2) is 85.1 Å². The van der Waals surface area contributed by atoms with Crippen LogP contribution < -0.4 is 15.5 Å². The molecule has 5 rings (SSSR count). The van der Waals surface area contributed by atoms with Crippen LogP contribution in [0.5, 0.6) is 0 Å². The van der Waals surface area contributed by atoms with Crippen molar-refractivity contribution in [2.75, 3.05) is 23.3 Å². The lowest BCUT2D eigenvalue weighted by molar-refractivity contribution is -0.137. The molecule has 1 aromatic heterocycles. The van der Waals surface area contributed by atoms with E-state index < -0.39 is 23.6 Å². The van der Waals surface area contributed by atoms with Gasteiger partial charge in [0.1, 0.15) is 6.29 Å². The Balaban J connectivity index is 1.42. The minimum absolute atomic E-state index is 0.0913. The van der Waals surface area contributed by atoms with Crippen LogP contribution in [0.4, 0.5) is 24.5 Å². The van der Waals surface area contributed by atoms with E-state index in [2.05, 4.69) is 20.5 Å². The Kier molecular flexibility index (Phi) is 8.85. The van der Waals surface area contributed by atoms with Crippen molar-refractivity contribution >= 4 is 29.5 Å². The summed E-state index contributed by atoms with van der Waals surface area (Å²) in [7, 11) is 0. The molecule has 0 spiro atoms. The number of aromatic nitrogens is 1. The summed E-state index contributed by atoms with van der Waals surface area (Å²) in [5.74, 6) is -0.893. The largest absolute Gasteiger partial charge is 0.416 e. The number of anilines is 2. The third-order valence-corrected chi connectivity index (χ3v) is 7.26. The summed E-state index contributed by atoms with van der Waals surface area (Å²) < 4.78 is 39.3. The molecule has 0 saturated carbocycles. The van der Waals surface area contributed by atoms with E-state index in [4.69, 9.17) is 0 Å². The van der Waals surface area contributed by atoms with Gasteiger partial charge in [0.25, 0.3) is 11.8 Å². The summed E-state index contributed by atoms with van der Waals surface area (Å²) in [6.07, 6.45) is 0.968. The number of halogens is 3. The molecule has 220 valence electrons. The zero-order valence-electron chi connectivity index (χ0n) is 23.2. The van der Waals surface area contributed by atoms with Gasteiger partial charge in [0, 0.05) is 53.8 Å². The molecule has 10 heteroatoms. The van der Waals surface area contributed by atoms with Gasteiger partial charge < -0.3 is 15.5 Å². The molecule has 1 saturated heterocycles. The quantitative estimate of drug-likeness (QED) is 0.223. The average Bonchev–Trinajstić information content (AvgIpc) is 3.04. The molecule has 1 aliphatic heterocycles. The van der Waals surface area contributed by atoms with Gasteiger partial charge in [0.15, 0.2) is 0 Å². The second kappa shape index (κ2) is 12.9. The Hall–Kier alpha value is -4.99. The van der Waals surface area contributed by atoms with E-state index >= 15 is 0 Å². The Morgan fingerprint density at radius 1 is 0.860 bits per heavy atom. The first-order valence-electron chi connectivity index (χ1n) is 13.9. The fourth-order valence-electron chi connectivity index (χ4n) is 5.01. The maximum absolute atomic E-state index is 13.1. The number of benzene rings is 3. The number of hydrogen-bond donors (Lipinski definition) is 2. The number of rotatable bonds is 8. The van der Waals surface area contributed by atoms with Gasteiger partial charge >= 0.3 is 6.18 Å². The van der Waals surface area contributed by atoms with Crippen molar-refractivity contribution < 1.29 is 27.6 Å². The molecule has 0 atom stereocenters. The maximum atomic E-state index is 13.1. The lowest BCUT2D eigenvalue weighted by Crippen LogP contribution is -2.29. The number of nitrogens with one attached hydrogen (secondary N) is 2. The monoisotopic (exact) mass is 586 g/mol. The Morgan fingerprint density at radius 2 is 1.63 bits per heavy atom. The van der Waals surface area contributed by atoms with E-state index in [0.29, 0.717) is 39.9 Å². The van der Waals surface area contributed by atoms with Crippen molar-refractivity contribution in [3.8, 4) is 11.3 Å². The predicted molar refractivity (Wildman–Crippen MR) is 158 cm³/mol. The van der Waals surface area contributed by atoms with E-state index in [9.17, 15) is 27.6 Å². The number of nitrogens with zero attached hydrogens (tertiary/aromatic N) is 2. The summed E-state index contributed by atoms with van der Waals surface area (Å²) in [5.41, 5.74) is 2.93. The van der Waals surface area contributed by atoms with Crippen molar-refractivity contribution in [1.82, 2.24) is 10.3 Å². The molecule has 4 aromatic rings. The van der Waals surface area contributed by atoms with Crippen LogP contribution in [-0.4, -0.2) is 36.2 Å². The molecule has 1 aliphatic rings. The summed E-state index contributed by atoms with van der Waals surface area (Å²) in [4.78, 5) is 44.1. The highest BCUT2D eigenvalue weighted by molar-refractivity contribution is 6.07. The van der Waals surface area contributed by atoms with Gasteiger partial charge in [-0.05, 0) is 79.4 Å². The normalized spacial score (nSPS) is 13.3. The number of carbonyl (C=O) groups excluding carboxylic acids is 3. The number of amides is 2. The molecule has 43 heavy (non-hydrogen) atoms. The predicted octanol–water partition coefficient (Wildman–Crippen LogP) is 6.75. The van der Waals surface area contributed by atoms with Crippen molar-refractivity contribution in [2.24, 2.45) is 0 Å². The number of pyridine rings is 1. The van der Waals surface area contributed by atoms with Crippen LogP contribution in [0.1, 0.15) is 61.5 Å². The summed E-state index contributed by atoms with van der Waals surface area (Å²) in [6.45, 7) is 1.70. The second-order valence-electron chi connectivity index (χ2n) is 10.3. The molecule has 2 N–H and O–H groups in total. The summed E-state index contributed by atoms with van der Waals surface area (Å²) in [6, 6.07) is 19.9. The SMILES string of the molecule is O=Cc1cccc(C(=O)Nc2ccc(N3CCCCC3)cc2-c2cc(C(=O)NCc3cccc(C(F)(F)F)c3)ccn2)c1. The van der Waals surface area contributed by atoms with E-state index in [-0.39, 0.29) is 12.1 Å². The Morgan fingerprint density at radius 3 is 2.40 bits per heavy atom. The van der Waals surface area contributed by atoms with Crippen LogP contribution in [0.2, 0.25) is 0 Å². The summed E-state index contributed by atoms with van der Waals surface area (Å²) in [5, 5.41) is 5.59. The molecule has 0 bridgehead atoms. The van der Waals surface area contributed by atoms with Gasteiger partial charge in [0.2, 0.25) is 0 Å². The lowest BCUT2D eigenvalue weighted by Gasteiger charge is -2.29. The molecule has 1 fully saturated rings. The first-order chi connectivity index (χ1) is 20.7. The van der Waals surface area contributed by atoms with Gasteiger partial charge in [-0.2, -0.15) is 13.2 Å². The number of piperidine rings is 1. The number of aldehydes is 1. The van der Waals surface area contributed by atoms with Crippen LogP contribution in [0.3, 0.4) is 0 Å². The molecule has 2 heterocycles. The summed E-state index contributed by atoms with van der Waals surface area (Å²) >= 11 is 0. The highest BCUT2D eigenvalue weighted by Crippen LogP contribution is 2.33. The van der Waals surface area contributed by atoms with Gasteiger partial charge in [-0.15, -0.1) is 0 Å². The first kappa shape index (κ1) is 29.5. The zero-order chi connectivity index (χ0) is 30.4. The van der Waals surface area contributed by atoms with Crippen LogP contribution >= 0.6 is 0 Å². The minimum Gasteiger partial charge on any atom is -0.372 e. The standard InChI is InChI=1S/C33H29F3N4O3/c34-33(35,36)26-9-5-6-22(17-26)20-38-31(42)25-12-13-37-30(18-25)28-19-27(40-14-2-1-3-15-40)10-11-29(28)39-32(43)24-8-4-7-23(16-24)21-41/h4-13,16-19,21H,1-3,14-15,20H2,(H,38,42)(H,39,43). The van der Waals surface area contributed by atoms with E-state index in [1.165, 1.54) is 30.5 Å². The first-order valence-corrected chi connectivity index (χ1v) is 13.9. The third-order valence-electron chi connectivity index (χ3n) is 7.26. The number of hydrogen-bond acceptors (Lipinski definition) is 5. The Bertz CT molecular complexity index is 1650. The topological polar surface area (TPSA) is 91.4 Å². The highest BCUT2D eigenvalue weighted by Gasteiger charge is 2.30. The van der Waals surface area contributed by atoms with E-state index in [1.807, 2.05) is 12.1 Å². The van der Waals surface area contributed by atoms with Gasteiger partial charge in [-0.25, -0.2) is 0 Å². The van der Waals surface area contributed by atoms with E-state index in [0.717, 1.165) is 50.2 Å². The molecule has 0 radical (unpaired) electrons. The maximum Gasteiger partial charge on any atom is 0.416 e. The number of alkyl halides is 3. The minimum atomic E-state index is -4.48. The molecule has 2 amide bonds. The fraction of sp³-hybridized carbons (Fsp3) is 0.212. The van der Waals surface area contributed by atoms with Gasteiger partial charge in [0.05, 0.1) is 16.9 Å². The van der Waals surface area contributed by atoms with Gasteiger partial charge in [-0.1, -0.05) is 24.3 Å². The van der Waals surface area contributed by atoms with Crippen LogP contribution in [0, 0.1) is 0 Å². The van der Waals surface area contributed by atoms with Crippen LogP contribution in [-0.2, 0) is 12.7 Å². The number of carbonyl (C=O) groups is 3. The fourth-order valence-corrected chi connectivity index (χ4v) is 5.01. The lowest BCUT2D eigenvalue weighted by atomic mass is 10.0. The van der Waals surface area contributed by atoms with Crippen LogP contribution in [0.25, 0.3) is 11.3 Å². The molecule has 7 nitrogen and oxygen atoms in total. The van der Waals surface area contributed by atoms with E-state index in [1.54, 1.807) is 30.3 Å². The third kappa shape index (κ3) is 7.27. The van der Waals surface area contributed by atoms with Crippen molar-refractivity contribution in [3.63, 3.8) is 0 Å². The van der Waals surface area contributed by atoms with Gasteiger partial charge in [-0.3, -0.25) is 19.4 Å². The second-order valence-corrected chi connectivity index (χ2v) is 10.3. The zero-order valence-corrected chi connectivity index (χ0v) is 23.2. The highest BCUT2D eigenvalue weighted by atomic mass is 19.4. The molecular weight excluding hydrogens is 557 g/mol. The average molecular weight is 587 g/mol. The molecule has 3 aromatic carbocycles. The molecule has 0 aliphatic carbocycles. The van der Waals surface area contributed by atoms with Crippen molar-refractivity contribution in [3.05, 3.63) is 113 Å².